The van der Waals surface area contributed by atoms with Crippen LogP contribution in [0.3, 0.4) is 0 Å². The van der Waals surface area contributed by atoms with Gasteiger partial charge in [0.1, 0.15) is 0 Å². The predicted molar refractivity (Wildman–Crippen MR) is 431 cm³/mol. The molecule has 2 radical (unpaired) electrons. The van der Waals surface area contributed by atoms with Crippen LogP contribution in [0.1, 0.15) is 171 Å². The predicted octanol–water partition coefficient (Wildman–Crippen LogP) is 26.2. The molecule has 0 aliphatic carbocycles. The fraction of sp³-hybridized carbons (Fsp3) is 0.216. The van der Waals surface area contributed by atoms with Crippen LogP contribution < -0.4 is 0 Å². The molecule has 0 fully saturated rings. The Kier molecular flexibility index (Phi) is 33.0. The van der Waals surface area contributed by atoms with E-state index in [0.29, 0.717) is 40.7 Å². The van der Waals surface area contributed by atoms with Gasteiger partial charge in [0.25, 0.3) is 0 Å². The van der Waals surface area contributed by atoms with Gasteiger partial charge in [0.05, 0.1) is 11.5 Å². The minimum absolute atomic E-state index is 0. The van der Waals surface area contributed by atoms with Crippen molar-refractivity contribution in [2.45, 2.75) is 128 Å². The van der Waals surface area contributed by atoms with E-state index in [1.54, 1.807) is 0 Å². The van der Waals surface area contributed by atoms with Crippen LogP contribution in [0, 0.1) is 18.1 Å². The van der Waals surface area contributed by atoms with Gasteiger partial charge in [-0.25, -0.2) is 0 Å². The second kappa shape index (κ2) is 42.9. The van der Waals surface area contributed by atoms with Crippen molar-refractivity contribution in [1.29, 1.82) is 0 Å². The molecule has 12 aromatic rings. The van der Waals surface area contributed by atoms with Crippen molar-refractivity contribution in [2.24, 2.45) is 5.92 Å². The van der Waals surface area contributed by atoms with Crippen LogP contribution in [-0.2, 0) is 40.2 Å². The number of unbranched alkanes of at least 4 members (excludes halogenated alkanes) is 1. The summed E-state index contributed by atoms with van der Waals surface area (Å²) in [7, 11) is 0. The maximum atomic E-state index is 12.3. The number of ketones is 2. The molecule has 105 heavy (non-hydrogen) atoms. The van der Waals surface area contributed by atoms with Crippen LogP contribution in [0.4, 0.5) is 0 Å². The maximum absolute atomic E-state index is 12.3. The molecule has 0 saturated carbocycles. The second-order valence-electron chi connectivity index (χ2n) is 26.9. The molecule has 12 rings (SSSR count). The largest absolute Gasteiger partial charge is 0.512 e. The first kappa shape index (κ1) is 80.9. The molecule has 0 spiro atoms. The van der Waals surface area contributed by atoms with Gasteiger partial charge in [-0.3, -0.25) is 9.59 Å². The maximum Gasteiger partial charge on any atom is 0.189 e. The molecule has 2 heterocycles. The molecule has 8 heteroatoms. The second-order valence-corrected chi connectivity index (χ2v) is 26.9. The zero-order chi connectivity index (χ0) is 72.0. The first-order valence-electron chi connectivity index (χ1n) is 36.6. The Balaban J connectivity index is 0.000000329. The monoisotopic (exact) mass is 1740 g/mol. The number of allylic oxidation sites excluding steroid dienone is 7. The molecule has 2 N–H and O–H groups in total. The summed E-state index contributed by atoms with van der Waals surface area (Å²) < 4.78 is 0. The van der Waals surface area contributed by atoms with E-state index in [0.717, 1.165) is 109 Å². The van der Waals surface area contributed by atoms with Crippen molar-refractivity contribution in [3.63, 3.8) is 0 Å². The third-order valence-electron chi connectivity index (χ3n) is 19.7. The van der Waals surface area contributed by atoms with Gasteiger partial charge in [0, 0.05) is 75.9 Å². The number of carbonyl (C=O) groups is 2. The van der Waals surface area contributed by atoms with Gasteiger partial charge < -0.3 is 20.2 Å². The van der Waals surface area contributed by atoms with Crippen LogP contribution in [0.25, 0.3) is 66.3 Å². The average Bonchev–Trinajstić information content (AvgIpc) is 0.814. The molecule has 0 amide bonds. The fourth-order valence-electron chi connectivity index (χ4n) is 13.8. The van der Waals surface area contributed by atoms with Gasteiger partial charge in [-0.05, 0) is 210 Å². The van der Waals surface area contributed by atoms with Crippen LogP contribution in [0.15, 0.2) is 328 Å². The number of hydrogen-bond acceptors (Lipinski definition) is 6. The van der Waals surface area contributed by atoms with E-state index in [9.17, 15) is 19.8 Å². The standard InChI is InChI=1S/C67H76O4.2C15H10N.2Ir/c1-6-52(26-28-59(56-22-17-12-18-23-56)27-25-49(3)54-30-33-60(34-31-54)62-39-43-64(44-40-62)66(70)47-50(4)68)19-13-9-8-10-14-24-57(55-20-15-11-16-21-55)32-29-53(7-2)58-35-37-61(38-36-58)63-41-45-65(46-42-63)67(71)48-51(5)69;2*1-2-7-13(8-3-1)15-14-9-5-4-6-12(14)10-11-16-15;;/h6,8,10-12,15-18,20-23,30-31,33-49,52-53,57,59,68-69H,1,7,9,13-14,19,24-29,32H2,2-5H3;2*1-7,9-11H;;/q;2*-1;;/b10-8+,50-47-,51-48-;;;;. The molecule has 0 aliphatic rings. The summed E-state index contributed by atoms with van der Waals surface area (Å²) in [5, 5.41) is 23.7. The van der Waals surface area contributed by atoms with Crippen molar-refractivity contribution < 1.29 is 60.0 Å². The van der Waals surface area contributed by atoms with E-state index in [-0.39, 0.29) is 63.3 Å². The quantitative estimate of drug-likeness (QED) is 0.0116. The van der Waals surface area contributed by atoms with Gasteiger partial charge in [-0.2, -0.15) is 0 Å². The molecule has 5 atom stereocenters. The van der Waals surface area contributed by atoms with Crippen molar-refractivity contribution >= 4 is 33.1 Å². The van der Waals surface area contributed by atoms with Gasteiger partial charge in [-0.15, -0.1) is 78.4 Å². The van der Waals surface area contributed by atoms with Crippen LogP contribution in [0.5, 0.6) is 0 Å². The van der Waals surface area contributed by atoms with E-state index >= 15 is 0 Å². The number of aliphatic hydroxyl groups is 2. The molecule has 10 aromatic carbocycles. The van der Waals surface area contributed by atoms with Gasteiger partial charge >= 0.3 is 0 Å². The molecule has 5 unspecified atom stereocenters. The Labute approximate surface area is 650 Å². The third-order valence-corrected chi connectivity index (χ3v) is 19.7. The van der Waals surface area contributed by atoms with Crippen LogP contribution in [0.2, 0.25) is 0 Å². The van der Waals surface area contributed by atoms with Gasteiger partial charge in [0.2, 0.25) is 0 Å². The number of carbonyl (C=O) groups excluding carboxylic acids is 2. The van der Waals surface area contributed by atoms with E-state index in [1.165, 1.54) is 82.6 Å². The molecule has 2 aromatic heterocycles. The van der Waals surface area contributed by atoms with E-state index in [2.05, 4.69) is 194 Å². The smallest absolute Gasteiger partial charge is 0.189 e. The number of aliphatic hydroxyl groups excluding tert-OH is 2. The number of nitrogens with zero attached hydrogens (tertiary/aromatic N) is 2. The van der Waals surface area contributed by atoms with Crippen molar-refractivity contribution in [3.8, 4) is 44.8 Å². The SMILES string of the molecule is C=CC(CCC/C=C/CCC(CCC(CC)c1ccc(-c2ccc(C(=O)/C=C(/C)O)cc2)cc1)c1ccccc1)CCC(CCC(C)c1ccc(-c2ccc(C(=O)/C=C(/C)O)cc2)cc1)c1ccccc1.[Ir].[Ir].[c-]1ccccc1-c1nccc2ccccc12.[c-]1ccccc1-c1nccc2ccccc12. The molecular weight excluding hydrogens is 1640 g/mol. The molecular formula is C97H96Ir2N2O4-2. The Morgan fingerprint density at radius 3 is 1.26 bits per heavy atom. The number of fused-ring (bicyclic) bond motifs is 2. The summed E-state index contributed by atoms with van der Waals surface area (Å²) in [6.07, 6.45) is 26.8. The van der Waals surface area contributed by atoms with Gasteiger partial charge in [-0.1, -0.05) is 238 Å². The third kappa shape index (κ3) is 24.4. The zero-order valence-electron chi connectivity index (χ0n) is 60.8. The Bertz CT molecular complexity index is 4560. The minimum atomic E-state index is -0.196. The summed E-state index contributed by atoms with van der Waals surface area (Å²) in [6.45, 7) is 11.9. The molecule has 0 saturated heterocycles. The number of aromatic nitrogens is 2. The van der Waals surface area contributed by atoms with E-state index < -0.39 is 0 Å². The minimum Gasteiger partial charge on any atom is -0.512 e. The Morgan fingerprint density at radius 1 is 0.419 bits per heavy atom. The van der Waals surface area contributed by atoms with Crippen molar-refractivity contribution in [1.82, 2.24) is 9.97 Å². The molecule has 538 valence electrons. The first-order valence-corrected chi connectivity index (χ1v) is 36.6. The Hall–Kier alpha value is -9.78. The summed E-state index contributed by atoms with van der Waals surface area (Å²) in [4.78, 5) is 33.5. The van der Waals surface area contributed by atoms with Crippen molar-refractivity contribution in [3.05, 3.63) is 373 Å². The Morgan fingerprint density at radius 2 is 0.810 bits per heavy atom. The topological polar surface area (TPSA) is 100 Å². The molecule has 0 aliphatic heterocycles. The number of pyridine rings is 2. The number of hydrogen-bond donors (Lipinski definition) is 2. The number of benzene rings is 10. The summed E-state index contributed by atoms with van der Waals surface area (Å²) >= 11 is 0. The van der Waals surface area contributed by atoms with Crippen LogP contribution >= 0.6 is 0 Å². The zero-order valence-corrected chi connectivity index (χ0v) is 65.6. The van der Waals surface area contributed by atoms with Crippen LogP contribution in [-0.4, -0.2) is 31.7 Å². The summed E-state index contributed by atoms with van der Waals surface area (Å²) in [5.41, 5.74) is 15.2. The van der Waals surface area contributed by atoms with E-state index in [1.807, 2.05) is 146 Å². The summed E-state index contributed by atoms with van der Waals surface area (Å²) in [6, 6.07) is 98.0. The average molecular weight is 1740 g/mol. The first-order chi connectivity index (χ1) is 50.4. The number of rotatable bonds is 30. The van der Waals surface area contributed by atoms with E-state index in [4.69, 9.17) is 0 Å². The summed E-state index contributed by atoms with van der Waals surface area (Å²) in [5.74, 6) is 2.09. The molecule has 0 bridgehead atoms. The van der Waals surface area contributed by atoms with Crippen molar-refractivity contribution in [2.75, 3.05) is 0 Å². The normalized spacial score (nSPS) is 12.8. The molecule has 6 nitrogen and oxygen atoms in total. The fourth-order valence-corrected chi connectivity index (χ4v) is 13.8. The van der Waals surface area contributed by atoms with Gasteiger partial charge in [0.15, 0.2) is 11.6 Å².